The van der Waals surface area contributed by atoms with Gasteiger partial charge in [0.1, 0.15) is 0 Å². The number of likely N-dealkylation sites (tertiary alicyclic amines) is 1. The molecular formula is C14H24N2O2. The van der Waals surface area contributed by atoms with Gasteiger partial charge >= 0.3 is 0 Å². The van der Waals surface area contributed by atoms with Crippen LogP contribution in [0.25, 0.3) is 0 Å². The molecule has 0 aromatic heterocycles. The maximum Gasteiger partial charge on any atom is 0.223 e. The predicted molar refractivity (Wildman–Crippen MR) is 70.0 cm³/mol. The summed E-state index contributed by atoms with van der Waals surface area (Å²) in [5, 5.41) is 3.16. The van der Waals surface area contributed by atoms with E-state index in [0.717, 1.165) is 38.8 Å². The molecule has 1 N–H and O–H groups in total. The van der Waals surface area contributed by atoms with Crippen LogP contribution in [0.15, 0.2) is 0 Å². The average molecular weight is 252 g/mol. The quantitative estimate of drug-likeness (QED) is 0.831. The molecule has 0 bridgehead atoms. The second-order valence-electron chi connectivity index (χ2n) is 5.50. The number of carbonyl (C=O) groups is 2. The molecule has 2 rings (SSSR count). The molecule has 0 atom stereocenters. The van der Waals surface area contributed by atoms with Crippen molar-refractivity contribution in [3.05, 3.63) is 0 Å². The van der Waals surface area contributed by atoms with Crippen LogP contribution in [0.4, 0.5) is 0 Å². The van der Waals surface area contributed by atoms with Gasteiger partial charge in [-0.3, -0.25) is 9.59 Å². The van der Waals surface area contributed by atoms with E-state index in [2.05, 4.69) is 5.32 Å². The highest BCUT2D eigenvalue weighted by molar-refractivity contribution is 5.80. The number of amides is 2. The fourth-order valence-electron chi connectivity index (χ4n) is 3.00. The standard InChI is InChI=1S/C14H24N2O2/c1-2-13(17)16-9-7-11(8-10-16)14(18)15-12-5-3-4-6-12/h11-12H,2-10H2,1H3,(H,15,18). The first-order valence-electron chi connectivity index (χ1n) is 7.29. The zero-order chi connectivity index (χ0) is 13.0. The fraction of sp³-hybridized carbons (Fsp3) is 0.857. The highest BCUT2D eigenvalue weighted by atomic mass is 16.2. The first-order valence-corrected chi connectivity index (χ1v) is 7.29. The Labute approximate surface area is 109 Å². The topological polar surface area (TPSA) is 49.4 Å². The van der Waals surface area contributed by atoms with Crippen LogP contribution in [0.1, 0.15) is 51.9 Å². The van der Waals surface area contributed by atoms with E-state index in [1.807, 2.05) is 11.8 Å². The molecular weight excluding hydrogens is 228 g/mol. The van der Waals surface area contributed by atoms with Gasteiger partial charge < -0.3 is 10.2 Å². The monoisotopic (exact) mass is 252 g/mol. The first kappa shape index (κ1) is 13.4. The summed E-state index contributed by atoms with van der Waals surface area (Å²) < 4.78 is 0. The minimum atomic E-state index is 0.117. The van der Waals surface area contributed by atoms with E-state index in [9.17, 15) is 9.59 Å². The van der Waals surface area contributed by atoms with Crippen LogP contribution in [0.3, 0.4) is 0 Å². The number of carbonyl (C=O) groups excluding carboxylic acids is 2. The Hall–Kier alpha value is -1.06. The second kappa shape index (κ2) is 6.21. The van der Waals surface area contributed by atoms with Gasteiger partial charge in [-0.05, 0) is 25.7 Å². The minimum absolute atomic E-state index is 0.117. The van der Waals surface area contributed by atoms with Crippen LogP contribution in [-0.2, 0) is 9.59 Å². The summed E-state index contributed by atoms with van der Waals surface area (Å²) in [4.78, 5) is 25.5. The summed E-state index contributed by atoms with van der Waals surface area (Å²) in [6.07, 6.45) is 6.98. The zero-order valence-corrected chi connectivity index (χ0v) is 11.3. The molecule has 18 heavy (non-hydrogen) atoms. The fourth-order valence-corrected chi connectivity index (χ4v) is 3.00. The third kappa shape index (κ3) is 3.24. The van der Waals surface area contributed by atoms with Gasteiger partial charge in [0.15, 0.2) is 0 Å². The molecule has 0 radical (unpaired) electrons. The van der Waals surface area contributed by atoms with Gasteiger partial charge in [0, 0.05) is 31.5 Å². The van der Waals surface area contributed by atoms with Crippen molar-refractivity contribution in [2.75, 3.05) is 13.1 Å². The smallest absolute Gasteiger partial charge is 0.223 e. The van der Waals surface area contributed by atoms with E-state index in [-0.39, 0.29) is 17.7 Å². The first-order chi connectivity index (χ1) is 8.70. The van der Waals surface area contributed by atoms with Crippen LogP contribution in [0, 0.1) is 5.92 Å². The van der Waals surface area contributed by atoms with Crippen LogP contribution >= 0.6 is 0 Å². The summed E-state index contributed by atoms with van der Waals surface area (Å²) in [7, 11) is 0. The van der Waals surface area contributed by atoms with Crippen molar-refractivity contribution in [3.63, 3.8) is 0 Å². The Morgan fingerprint density at radius 3 is 2.28 bits per heavy atom. The Bertz CT molecular complexity index is 303. The molecule has 2 aliphatic rings. The molecule has 0 unspecified atom stereocenters. The van der Waals surface area contributed by atoms with E-state index < -0.39 is 0 Å². The molecule has 0 aromatic carbocycles. The molecule has 2 amide bonds. The SMILES string of the molecule is CCC(=O)N1CCC(C(=O)NC2CCCC2)CC1. The number of hydrogen-bond donors (Lipinski definition) is 1. The van der Waals surface area contributed by atoms with Crippen LogP contribution in [0.2, 0.25) is 0 Å². The van der Waals surface area contributed by atoms with E-state index >= 15 is 0 Å². The molecule has 0 aromatic rings. The molecule has 4 heteroatoms. The van der Waals surface area contributed by atoms with Crippen molar-refractivity contribution in [1.82, 2.24) is 10.2 Å². The lowest BCUT2D eigenvalue weighted by Crippen LogP contribution is -2.44. The third-order valence-electron chi connectivity index (χ3n) is 4.22. The van der Waals surface area contributed by atoms with Gasteiger partial charge in [-0.1, -0.05) is 19.8 Å². The molecule has 1 heterocycles. The molecule has 1 aliphatic carbocycles. The van der Waals surface area contributed by atoms with Crippen LogP contribution in [0.5, 0.6) is 0 Å². The van der Waals surface area contributed by atoms with Gasteiger partial charge in [0.2, 0.25) is 11.8 Å². The molecule has 1 aliphatic heterocycles. The maximum atomic E-state index is 12.1. The normalized spacial score (nSPS) is 22.2. The maximum absolute atomic E-state index is 12.1. The summed E-state index contributed by atoms with van der Waals surface area (Å²) in [6, 6.07) is 0.410. The summed E-state index contributed by atoms with van der Waals surface area (Å²) >= 11 is 0. The highest BCUT2D eigenvalue weighted by Crippen LogP contribution is 2.21. The lowest BCUT2D eigenvalue weighted by atomic mass is 9.95. The molecule has 0 spiro atoms. The molecule has 102 valence electrons. The number of rotatable bonds is 3. The van der Waals surface area contributed by atoms with Crippen LogP contribution in [-0.4, -0.2) is 35.8 Å². The summed E-state index contributed by atoms with van der Waals surface area (Å²) in [5.74, 6) is 0.543. The Kier molecular flexibility index (Phi) is 4.61. The molecule has 2 fully saturated rings. The summed E-state index contributed by atoms with van der Waals surface area (Å²) in [5.41, 5.74) is 0. The van der Waals surface area contributed by atoms with E-state index in [4.69, 9.17) is 0 Å². The minimum Gasteiger partial charge on any atom is -0.353 e. The zero-order valence-electron chi connectivity index (χ0n) is 11.3. The van der Waals surface area contributed by atoms with Crippen molar-refractivity contribution in [2.45, 2.75) is 57.9 Å². The number of nitrogens with zero attached hydrogens (tertiary/aromatic N) is 1. The second-order valence-corrected chi connectivity index (χ2v) is 5.50. The van der Waals surface area contributed by atoms with Gasteiger partial charge in [0.25, 0.3) is 0 Å². The highest BCUT2D eigenvalue weighted by Gasteiger charge is 2.28. The van der Waals surface area contributed by atoms with E-state index in [1.165, 1.54) is 12.8 Å². The van der Waals surface area contributed by atoms with Gasteiger partial charge in [-0.25, -0.2) is 0 Å². The van der Waals surface area contributed by atoms with Gasteiger partial charge in [-0.15, -0.1) is 0 Å². The predicted octanol–water partition coefficient (Wildman–Crippen LogP) is 1.69. The average Bonchev–Trinajstić information content (AvgIpc) is 2.91. The lowest BCUT2D eigenvalue weighted by Gasteiger charge is -2.31. The molecule has 1 saturated carbocycles. The lowest BCUT2D eigenvalue weighted by molar-refractivity contribution is -0.135. The van der Waals surface area contributed by atoms with Crippen molar-refractivity contribution in [3.8, 4) is 0 Å². The van der Waals surface area contributed by atoms with E-state index in [0.29, 0.717) is 12.5 Å². The van der Waals surface area contributed by atoms with Gasteiger partial charge in [0.05, 0.1) is 0 Å². The third-order valence-corrected chi connectivity index (χ3v) is 4.22. The van der Waals surface area contributed by atoms with Crippen LogP contribution < -0.4 is 5.32 Å². The van der Waals surface area contributed by atoms with Crippen molar-refractivity contribution in [1.29, 1.82) is 0 Å². The number of hydrogen-bond acceptors (Lipinski definition) is 2. The van der Waals surface area contributed by atoms with Crippen molar-refractivity contribution < 1.29 is 9.59 Å². The number of nitrogens with one attached hydrogen (secondary N) is 1. The Balaban J connectivity index is 1.74. The van der Waals surface area contributed by atoms with Crippen molar-refractivity contribution in [2.24, 2.45) is 5.92 Å². The molecule has 1 saturated heterocycles. The van der Waals surface area contributed by atoms with Gasteiger partial charge in [-0.2, -0.15) is 0 Å². The number of piperidine rings is 1. The molecule has 4 nitrogen and oxygen atoms in total. The Morgan fingerprint density at radius 2 is 1.72 bits per heavy atom. The van der Waals surface area contributed by atoms with E-state index in [1.54, 1.807) is 0 Å². The Morgan fingerprint density at radius 1 is 1.11 bits per heavy atom. The summed E-state index contributed by atoms with van der Waals surface area (Å²) in [6.45, 7) is 3.38. The van der Waals surface area contributed by atoms with Crippen molar-refractivity contribution >= 4 is 11.8 Å². The largest absolute Gasteiger partial charge is 0.353 e.